The molecule has 1 aliphatic heterocycles. The van der Waals surface area contributed by atoms with Gasteiger partial charge < -0.3 is 9.42 Å². The molecule has 5 heteroatoms. The van der Waals surface area contributed by atoms with Crippen LogP contribution in [-0.4, -0.2) is 40.5 Å². The van der Waals surface area contributed by atoms with Crippen LogP contribution in [0.5, 0.6) is 0 Å². The fourth-order valence-electron chi connectivity index (χ4n) is 3.69. The lowest BCUT2D eigenvalue weighted by molar-refractivity contribution is 0.0976. The first kappa shape index (κ1) is 18.6. The van der Waals surface area contributed by atoms with Crippen LogP contribution in [-0.2, 0) is 0 Å². The normalized spacial score (nSPS) is 17.1. The molecule has 1 fully saturated rings. The summed E-state index contributed by atoms with van der Waals surface area (Å²) in [6.07, 6.45) is 2.48. The Balaban J connectivity index is 1.26. The summed E-state index contributed by atoms with van der Waals surface area (Å²) in [7, 11) is 0. The summed E-state index contributed by atoms with van der Waals surface area (Å²) in [5.41, 5.74) is 2.96. The number of hydrogen-bond donors (Lipinski definition) is 0. The van der Waals surface area contributed by atoms with Crippen LogP contribution in [0.3, 0.4) is 0 Å². The minimum Gasteiger partial charge on any atom is -0.339 e. The molecule has 1 saturated heterocycles. The maximum atomic E-state index is 12.3. The lowest BCUT2D eigenvalue weighted by Gasteiger charge is -2.14. The predicted molar refractivity (Wildman–Crippen MR) is 108 cm³/mol. The average Bonchev–Trinajstić information content (AvgIpc) is 3.39. The standard InChI is InChI=1S/C23H25N3O2/c1-17-9-11-18(12-10-17)21(27)8-5-14-26-15-13-20(16-26)23-24-22(25-28-23)19-6-3-2-4-7-19/h2-4,6-7,9-12,20H,5,8,13-16H2,1H3. The van der Waals surface area contributed by atoms with Gasteiger partial charge in [-0.05, 0) is 32.9 Å². The van der Waals surface area contributed by atoms with E-state index in [0.717, 1.165) is 49.5 Å². The van der Waals surface area contributed by atoms with E-state index in [2.05, 4.69) is 15.0 Å². The van der Waals surface area contributed by atoms with Crippen molar-refractivity contribution < 1.29 is 9.32 Å². The van der Waals surface area contributed by atoms with Crippen LogP contribution < -0.4 is 0 Å². The molecule has 0 saturated carbocycles. The van der Waals surface area contributed by atoms with Crippen molar-refractivity contribution in [1.82, 2.24) is 15.0 Å². The van der Waals surface area contributed by atoms with E-state index in [-0.39, 0.29) is 11.7 Å². The summed E-state index contributed by atoms with van der Waals surface area (Å²) >= 11 is 0. The Kier molecular flexibility index (Phi) is 5.63. The topological polar surface area (TPSA) is 59.2 Å². The zero-order valence-electron chi connectivity index (χ0n) is 16.2. The van der Waals surface area contributed by atoms with Gasteiger partial charge in [0, 0.05) is 24.1 Å². The number of likely N-dealkylation sites (tertiary alicyclic amines) is 1. The zero-order valence-corrected chi connectivity index (χ0v) is 16.2. The van der Waals surface area contributed by atoms with Gasteiger partial charge in [-0.3, -0.25) is 4.79 Å². The number of ketones is 1. The van der Waals surface area contributed by atoms with Crippen molar-refractivity contribution in [1.29, 1.82) is 0 Å². The third kappa shape index (κ3) is 4.37. The Labute approximate surface area is 165 Å². The highest BCUT2D eigenvalue weighted by Crippen LogP contribution is 2.28. The molecule has 0 bridgehead atoms. The summed E-state index contributed by atoms with van der Waals surface area (Å²) in [5.74, 6) is 1.87. The van der Waals surface area contributed by atoms with Crippen LogP contribution >= 0.6 is 0 Å². The van der Waals surface area contributed by atoms with Gasteiger partial charge >= 0.3 is 0 Å². The first-order valence-electron chi connectivity index (χ1n) is 9.90. The molecule has 0 aliphatic carbocycles. The maximum Gasteiger partial charge on any atom is 0.231 e. The second-order valence-electron chi connectivity index (χ2n) is 7.50. The van der Waals surface area contributed by atoms with E-state index >= 15 is 0 Å². The van der Waals surface area contributed by atoms with Crippen molar-refractivity contribution in [2.24, 2.45) is 0 Å². The first-order valence-corrected chi connectivity index (χ1v) is 9.90. The molecule has 144 valence electrons. The molecule has 3 aromatic rings. The number of rotatable bonds is 7. The number of benzene rings is 2. The Morgan fingerprint density at radius 3 is 2.71 bits per heavy atom. The molecule has 0 radical (unpaired) electrons. The van der Waals surface area contributed by atoms with E-state index < -0.39 is 0 Å². The molecule has 0 N–H and O–H groups in total. The van der Waals surface area contributed by atoms with Gasteiger partial charge in [-0.25, -0.2) is 0 Å². The molecular weight excluding hydrogens is 350 g/mol. The minimum absolute atomic E-state index is 0.222. The molecule has 1 unspecified atom stereocenters. The molecular formula is C23H25N3O2. The second-order valence-corrected chi connectivity index (χ2v) is 7.50. The van der Waals surface area contributed by atoms with Crippen molar-refractivity contribution in [3.8, 4) is 11.4 Å². The highest BCUT2D eigenvalue weighted by atomic mass is 16.5. The minimum atomic E-state index is 0.222. The Morgan fingerprint density at radius 1 is 1.14 bits per heavy atom. The maximum absolute atomic E-state index is 12.3. The molecule has 5 nitrogen and oxygen atoms in total. The summed E-state index contributed by atoms with van der Waals surface area (Å²) in [6.45, 7) is 4.87. The van der Waals surface area contributed by atoms with Crippen molar-refractivity contribution in [3.63, 3.8) is 0 Å². The SMILES string of the molecule is Cc1ccc(C(=O)CCCN2CCC(c3nc(-c4ccccc4)no3)C2)cc1. The van der Waals surface area contributed by atoms with Crippen molar-refractivity contribution in [3.05, 3.63) is 71.6 Å². The molecule has 2 aromatic carbocycles. The Hall–Kier alpha value is -2.79. The van der Waals surface area contributed by atoms with E-state index in [9.17, 15) is 4.79 Å². The van der Waals surface area contributed by atoms with Crippen molar-refractivity contribution >= 4 is 5.78 Å². The molecule has 1 atom stereocenters. The summed E-state index contributed by atoms with van der Waals surface area (Å²) < 4.78 is 5.52. The number of carbonyl (C=O) groups is 1. The van der Waals surface area contributed by atoms with Gasteiger partial charge in [0.25, 0.3) is 0 Å². The van der Waals surface area contributed by atoms with Gasteiger partial charge in [0.15, 0.2) is 5.78 Å². The fraction of sp³-hybridized carbons (Fsp3) is 0.348. The number of aromatic nitrogens is 2. The highest BCUT2D eigenvalue weighted by molar-refractivity contribution is 5.96. The molecule has 0 amide bonds. The van der Waals surface area contributed by atoms with E-state index in [1.165, 1.54) is 5.56 Å². The van der Waals surface area contributed by atoms with Gasteiger partial charge in [-0.2, -0.15) is 4.98 Å². The number of carbonyl (C=O) groups excluding carboxylic acids is 1. The van der Waals surface area contributed by atoms with E-state index in [0.29, 0.717) is 12.2 Å². The van der Waals surface area contributed by atoms with E-state index in [1.807, 2.05) is 61.5 Å². The monoisotopic (exact) mass is 375 g/mol. The van der Waals surface area contributed by atoms with Gasteiger partial charge in [0.05, 0.1) is 5.92 Å². The van der Waals surface area contributed by atoms with Gasteiger partial charge in [0.1, 0.15) is 0 Å². The molecule has 28 heavy (non-hydrogen) atoms. The zero-order chi connectivity index (χ0) is 19.3. The van der Waals surface area contributed by atoms with Crippen LogP contribution in [0.25, 0.3) is 11.4 Å². The van der Waals surface area contributed by atoms with Crippen LogP contribution in [0, 0.1) is 6.92 Å². The lowest BCUT2D eigenvalue weighted by atomic mass is 10.1. The van der Waals surface area contributed by atoms with Crippen molar-refractivity contribution in [2.45, 2.75) is 32.1 Å². The van der Waals surface area contributed by atoms with Gasteiger partial charge in [-0.15, -0.1) is 0 Å². The highest BCUT2D eigenvalue weighted by Gasteiger charge is 2.28. The summed E-state index contributed by atoms with van der Waals surface area (Å²) in [6, 6.07) is 17.7. The number of hydrogen-bond acceptors (Lipinski definition) is 5. The summed E-state index contributed by atoms with van der Waals surface area (Å²) in [4.78, 5) is 19.3. The smallest absolute Gasteiger partial charge is 0.231 e. The summed E-state index contributed by atoms with van der Waals surface area (Å²) in [5, 5.41) is 4.13. The largest absolute Gasteiger partial charge is 0.339 e. The molecule has 0 spiro atoms. The van der Waals surface area contributed by atoms with Crippen LogP contribution in [0.4, 0.5) is 0 Å². The third-order valence-corrected chi connectivity index (χ3v) is 5.35. The molecule has 4 rings (SSSR count). The van der Waals surface area contributed by atoms with Crippen LogP contribution in [0.15, 0.2) is 59.1 Å². The first-order chi connectivity index (χ1) is 13.7. The predicted octanol–water partition coefficient (Wildman–Crippen LogP) is 4.50. The third-order valence-electron chi connectivity index (χ3n) is 5.35. The number of aryl methyl sites for hydroxylation is 1. The molecule has 1 aromatic heterocycles. The molecule has 2 heterocycles. The van der Waals surface area contributed by atoms with Crippen LogP contribution in [0.1, 0.15) is 47.0 Å². The van der Waals surface area contributed by atoms with Gasteiger partial charge in [-0.1, -0.05) is 65.3 Å². The second kappa shape index (κ2) is 8.48. The average molecular weight is 375 g/mol. The Morgan fingerprint density at radius 2 is 1.93 bits per heavy atom. The van der Waals surface area contributed by atoms with Crippen molar-refractivity contribution in [2.75, 3.05) is 19.6 Å². The lowest BCUT2D eigenvalue weighted by Crippen LogP contribution is -2.22. The fourth-order valence-corrected chi connectivity index (χ4v) is 3.69. The molecule has 1 aliphatic rings. The van der Waals surface area contributed by atoms with Crippen LogP contribution in [0.2, 0.25) is 0 Å². The quantitative estimate of drug-likeness (QED) is 0.569. The number of Topliss-reactive ketones (excluding diaryl/α,β-unsaturated/α-hetero) is 1. The van der Waals surface area contributed by atoms with E-state index in [1.54, 1.807) is 0 Å². The Bertz CT molecular complexity index is 919. The van der Waals surface area contributed by atoms with Gasteiger partial charge in [0.2, 0.25) is 11.7 Å². The van der Waals surface area contributed by atoms with E-state index in [4.69, 9.17) is 4.52 Å². The number of nitrogens with zero attached hydrogens (tertiary/aromatic N) is 3.